The normalized spacial score (nSPS) is 10.7. The molecular weight excluding hydrogens is 370 g/mol. The molecule has 0 spiro atoms. The average Bonchev–Trinajstić information content (AvgIpc) is 3.37. The number of ether oxygens (including phenoxy) is 1. The summed E-state index contributed by atoms with van der Waals surface area (Å²) in [4.78, 5) is 16.0. The van der Waals surface area contributed by atoms with Gasteiger partial charge < -0.3 is 9.26 Å². The molecule has 2 aromatic carbocycles. The van der Waals surface area contributed by atoms with E-state index in [0.717, 1.165) is 5.69 Å². The predicted octanol–water partition coefficient (Wildman–Crippen LogP) is 3.42. The Kier molecular flexibility index (Phi) is 4.39. The Morgan fingerprint density at radius 2 is 2.04 bits per heavy atom. The number of hydrogen-bond donors (Lipinski definition) is 0. The third-order valence-corrected chi connectivity index (χ3v) is 3.99. The molecule has 0 amide bonds. The minimum atomic E-state index is -0.443. The first kappa shape index (κ1) is 16.9. The van der Waals surface area contributed by atoms with Gasteiger partial charge in [-0.3, -0.25) is 0 Å². The van der Waals surface area contributed by atoms with Gasteiger partial charge in [0.1, 0.15) is 0 Å². The van der Waals surface area contributed by atoms with E-state index >= 15 is 0 Å². The molecule has 2 aromatic heterocycles. The summed E-state index contributed by atoms with van der Waals surface area (Å²) < 4.78 is 11.6. The van der Waals surface area contributed by atoms with Crippen LogP contribution in [0.25, 0.3) is 28.7 Å². The van der Waals surface area contributed by atoms with Crippen LogP contribution in [0.3, 0.4) is 0 Å². The van der Waals surface area contributed by atoms with Gasteiger partial charge in [0.15, 0.2) is 5.69 Å². The van der Waals surface area contributed by atoms with E-state index in [1.807, 2.05) is 12.1 Å². The van der Waals surface area contributed by atoms with Gasteiger partial charge in [0.2, 0.25) is 5.82 Å². The number of aromatic nitrogens is 5. The van der Waals surface area contributed by atoms with Gasteiger partial charge in [-0.2, -0.15) is 4.98 Å². The van der Waals surface area contributed by atoms with Crippen LogP contribution in [0.15, 0.2) is 59.3 Å². The molecule has 0 atom stereocenters. The van der Waals surface area contributed by atoms with Crippen molar-refractivity contribution in [1.82, 2.24) is 25.1 Å². The molecule has 0 saturated heterocycles. The lowest BCUT2D eigenvalue weighted by Crippen LogP contribution is -2.00. The Hall–Kier alpha value is -3.52. The second-order valence-corrected chi connectivity index (χ2v) is 5.96. The first-order valence-electron chi connectivity index (χ1n) is 7.85. The van der Waals surface area contributed by atoms with Crippen molar-refractivity contribution in [1.29, 1.82) is 0 Å². The fourth-order valence-corrected chi connectivity index (χ4v) is 2.64. The number of benzene rings is 2. The molecular formula is C18H12ClN5O3. The highest BCUT2D eigenvalue weighted by molar-refractivity contribution is 6.30. The number of carbonyl (C=O) groups is 1. The molecule has 0 saturated carbocycles. The van der Waals surface area contributed by atoms with Crippen LogP contribution < -0.4 is 0 Å². The van der Waals surface area contributed by atoms with Crippen LogP contribution in [0.4, 0.5) is 0 Å². The molecule has 0 aliphatic heterocycles. The van der Waals surface area contributed by atoms with E-state index in [4.69, 9.17) is 20.9 Å². The van der Waals surface area contributed by atoms with Crippen LogP contribution in [0, 0.1) is 0 Å². The molecule has 0 aliphatic rings. The summed E-state index contributed by atoms with van der Waals surface area (Å²) in [5.74, 6) is 0.0934. The number of rotatable bonds is 4. The van der Waals surface area contributed by atoms with Crippen molar-refractivity contribution < 1.29 is 14.1 Å². The van der Waals surface area contributed by atoms with E-state index in [-0.39, 0.29) is 11.7 Å². The predicted molar refractivity (Wildman–Crippen MR) is 96.4 cm³/mol. The summed E-state index contributed by atoms with van der Waals surface area (Å²) >= 11 is 6.00. The highest BCUT2D eigenvalue weighted by Gasteiger charge is 2.16. The largest absolute Gasteiger partial charge is 0.465 e. The zero-order chi connectivity index (χ0) is 18.8. The highest BCUT2D eigenvalue weighted by Crippen LogP contribution is 2.23. The van der Waals surface area contributed by atoms with Crippen LogP contribution in [-0.2, 0) is 4.74 Å². The number of nitrogens with zero attached hydrogens (tertiary/aromatic N) is 5. The molecule has 0 unspecified atom stereocenters. The molecule has 0 bridgehead atoms. The fraction of sp³-hybridized carbons (Fsp3) is 0.0556. The summed E-state index contributed by atoms with van der Waals surface area (Å²) in [6.07, 6.45) is 1.67. The average molecular weight is 382 g/mol. The van der Waals surface area contributed by atoms with Gasteiger partial charge in [-0.15, -0.1) is 5.10 Å². The number of halogens is 1. The second kappa shape index (κ2) is 7.00. The number of hydrogen-bond acceptors (Lipinski definition) is 7. The molecule has 0 radical (unpaired) electrons. The SMILES string of the molecule is COC(=O)c1cccc(-c2nc(-c3cn(-c4cccc(Cl)c4)nn3)no2)c1. The zero-order valence-corrected chi connectivity index (χ0v) is 14.8. The van der Waals surface area contributed by atoms with Crippen LogP contribution >= 0.6 is 11.6 Å². The van der Waals surface area contributed by atoms with E-state index in [2.05, 4.69) is 20.5 Å². The Bertz CT molecular complexity index is 1120. The van der Waals surface area contributed by atoms with Crippen molar-refractivity contribution >= 4 is 17.6 Å². The van der Waals surface area contributed by atoms with Crippen molar-refractivity contribution in [3.05, 3.63) is 65.3 Å². The van der Waals surface area contributed by atoms with Gasteiger partial charge in [0.25, 0.3) is 5.89 Å². The molecule has 4 aromatic rings. The molecule has 134 valence electrons. The maximum absolute atomic E-state index is 11.7. The second-order valence-electron chi connectivity index (χ2n) is 5.52. The molecule has 27 heavy (non-hydrogen) atoms. The van der Waals surface area contributed by atoms with Crippen molar-refractivity contribution in [3.63, 3.8) is 0 Å². The van der Waals surface area contributed by atoms with Crippen molar-refractivity contribution in [2.75, 3.05) is 7.11 Å². The number of methoxy groups -OCH3 is 1. The zero-order valence-electron chi connectivity index (χ0n) is 14.0. The van der Waals surface area contributed by atoms with Crippen molar-refractivity contribution in [2.45, 2.75) is 0 Å². The van der Waals surface area contributed by atoms with E-state index in [1.54, 1.807) is 47.3 Å². The van der Waals surface area contributed by atoms with Gasteiger partial charge in [-0.25, -0.2) is 9.48 Å². The lowest BCUT2D eigenvalue weighted by molar-refractivity contribution is 0.0601. The quantitative estimate of drug-likeness (QED) is 0.499. The minimum absolute atomic E-state index is 0.257. The monoisotopic (exact) mass is 381 g/mol. The lowest BCUT2D eigenvalue weighted by atomic mass is 10.1. The molecule has 8 nitrogen and oxygen atoms in total. The molecule has 9 heteroatoms. The van der Waals surface area contributed by atoms with E-state index in [9.17, 15) is 4.79 Å². The van der Waals surface area contributed by atoms with Gasteiger partial charge in [-0.1, -0.05) is 34.1 Å². The number of esters is 1. The summed E-state index contributed by atoms with van der Waals surface area (Å²) in [5, 5.41) is 12.7. The van der Waals surface area contributed by atoms with Crippen molar-refractivity contribution in [2.24, 2.45) is 0 Å². The molecule has 0 aliphatic carbocycles. The summed E-state index contributed by atoms with van der Waals surface area (Å²) in [5.41, 5.74) is 2.19. The summed E-state index contributed by atoms with van der Waals surface area (Å²) in [6, 6.07) is 13.9. The van der Waals surface area contributed by atoms with Crippen LogP contribution in [0.1, 0.15) is 10.4 Å². The van der Waals surface area contributed by atoms with Crippen LogP contribution in [0.2, 0.25) is 5.02 Å². The smallest absolute Gasteiger partial charge is 0.337 e. The van der Waals surface area contributed by atoms with E-state index in [0.29, 0.717) is 21.8 Å². The van der Waals surface area contributed by atoms with Gasteiger partial charge in [-0.05, 0) is 36.4 Å². The number of carbonyl (C=O) groups excluding carboxylic acids is 1. The Labute approximate surface area is 158 Å². The maximum atomic E-state index is 11.7. The van der Waals surface area contributed by atoms with Crippen molar-refractivity contribution in [3.8, 4) is 28.7 Å². The third-order valence-electron chi connectivity index (χ3n) is 3.75. The molecule has 4 rings (SSSR count). The van der Waals surface area contributed by atoms with Gasteiger partial charge >= 0.3 is 5.97 Å². The molecule has 0 N–H and O–H groups in total. The fourth-order valence-electron chi connectivity index (χ4n) is 2.45. The third kappa shape index (κ3) is 3.42. The molecule has 0 fully saturated rings. The standard InChI is InChI=1S/C18H12ClN5O3/c1-26-18(25)12-5-2-4-11(8-12)17-20-16(22-27-17)15-10-24(23-21-15)14-7-3-6-13(19)9-14/h2-10H,1H3. The maximum Gasteiger partial charge on any atom is 0.337 e. The molecule has 2 heterocycles. The topological polar surface area (TPSA) is 95.9 Å². The Balaban J connectivity index is 1.63. The highest BCUT2D eigenvalue weighted by atomic mass is 35.5. The minimum Gasteiger partial charge on any atom is -0.465 e. The van der Waals surface area contributed by atoms with E-state index < -0.39 is 5.97 Å². The lowest BCUT2D eigenvalue weighted by Gasteiger charge is -1.99. The first-order chi connectivity index (χ1) is 13.1. The van der Waals surface area contributed by atoms with Gasteiger partial charge in [0, 0.05) is 10.6 Å². The summed E-state index contributed by atoms with van der Waals surface area (Å²) in [7, 11) is 1.32. The Morgan fingerprint density at radius 1 is 1.19 bits per heavy atom. The van der Waals surface area contributed by atoms with Crippen LogP contribution in [-0.4, -0.2) is 38.2 Å². The van der Waals surface area contributed by atoms with Crippen LogP contribution in [0.5, 0.6) is 0 Å². The Morgan fingerprint density at radius 3 is 2.85 bits per heavy atom. The van der Waals surface area contributed by atoms with Gasteiger partial charge in [0.05, 0.1) is 24.6 Å². The van der Waals surface area contributed by atoms with E-state index in [1.165, 1.54) is 7.11 Å². The first-order valence-corrected chi connectivity index (χ1v) is 8.23. The summed E-state index contributed by atoms with van der Waals surface area (Å²) in [6.45, 7) is 0.